The monoisotopic (exact) mass is 132 g/mol. The minimum Gasteiger partial charge on any atom is -0.813 e. The molecule has 0 aromatic carbocycles. The number of carbonyl (C=O) groups is 1. The van der Waals surface area contributed by atoms with Gasteiger partial charge >= 0.3 is 51.4 Å². The first-order valence-electron chi connectivity index (χ1n) is 0.928. The molecule has 0 atom stereocenters. The van der Waals surface area contributed by atoms with Gasteiger partial charge in [0.15, 0.2) is 0 Å². The van der Waals surface area contributed by atoms with E-state index >= 15 is 0 Å². The normalized spacial score (nSPS) is 4.17. The molecule has 0 aromatic heterocycles. The van der Waals surface area contributed by atoms with Crippen LogP contribution in [0.15, 0.2) is 0 Å². The van der Waals surface area contributed by atoms with Crippen LogP contribution in [0.2, 0.25) is 0 Å². The summed E-state index contributed by atoms with van der Waals surface area (Å²) in [7, 11) is 0. The van der Waals surface area contributed by atoms with E-state index in [9.17, 15) is 0 Å². The van der Waals surface area contributed by atoms with Crippen molar-refractivity contribution in [2.24, 2.45) is 0 Å². The van der Waals surface area contributed by atoms with Crippen molar-refractivity contribution in [3.8, 4) is 0 Å². The molecule has 0 unspecified atom stereocenters. The largest absolute Gasteiger partial charge is 1.00 e. The van der Waals surface area contributed by atoms with Crippen LogP contribution < -0.4 is 51.4 Å². The van der Waals surface area contributed by atoms with Gasteiger partial charge in [0.2, 0.25) is 0 Å². The molecule has 0 aliphatic heterocycles. The Labute approximate surface area is 86.2 Å². The second-order valence-electron chi connectivity index (χ2n) is 0.519. The van der Waals surface area contributed by atoms with Crippen LogP contribution in [0, 0.1) is 0 Å². The van der Waals surface area contributed by atoms with Gasteiger partial charge in [0.25, 0.3) is 5.97 Å². The van der Waals surface area contributed by atoms with E-state index in [4.69, 9.17) is 9.90 Å². The number of hydrogen-bond donors (Lipinski definition) is 1. The van der Waals surface area contributed by atoms with E-state index in [-0.39, 0.29) is 64.9 Å². The van der Waals surface area contributed by atoms with Gasteiger partial charge in [-0.2, -0.15) is 0 Å². The fraction of sp³-hybridized carbons (Fsp3) is 0.500. The molecule has 2 nitrogen and oxygen atoms in total. The van der Waals surface area contributed by atoms with Crippen molar-refractivity contribution < 1.29 is 61.3 Å². The first-order chi connectivity index (χ1) is 1.73. The van der Waals surface area contributed by atoms with Crippen molar-refractivity contribution in [1.29, 1.82) is 0 Å². The van der Waals surface area contributed by atoms with E-state index in [1.54, 1.807) is 0 Å². The third-order valence-electron chi connectivity index (χ3n) is 0. The van der Waals surface area contributed by atoms with Crippen LogP contribution in [-0.4, -0.2) is 11.1 Å². The Morgan fingerprint density at radius 2 is 1.67 bits per heavy atom. The molecule has 0 bridgehead atoms. The van der Waals surface area contributed by atoms with Gasteiger partial charge in [-0.05, 0) is 0 Å². The molecule has 6 heavy (non-hydrogen) atoms. The molecule has 0 heterocycles. The summed E-state index contributed by atoms with van der Waals surface area (Å²) in [6.07, 6.45) is 0. The number of aliphatic carboxylic acids is 1. The van der Waals surface area contributed by atoms with Gasteiger partial charge in [-0.15, -0.1) is 0 Å². The maximum atomic E-state index is 9.00. The second kappa shape index (κ2) is 9.68. The topological polar surface area (TPSA) is 37.3 Å². The third-order valence-corrected chi connectivity index (χ3v) is 0. The summed E-state index contributed by atoms with van der Waals surface area (Å²) in [5.41, 5.74) is 0. The maximum Gasteiger partial charge on any atom is 1.00 e. The van der Waals surface area contributed by atoms with Crippen LogP contribution >= 0.6 is 0 Å². The van der Waals surface area contributed by atoms with E-state index in [1.807, 2.05) is 0 Å². The van der Waals surface area contributed by atoms with Crippen molar-refractivity contribution in [3.63, 3.8) is 0 Å². The predicted molar refractivity (Wildman–Crippen MR) is 22.1 cm³/mol. The molecular formula is C2H5KO2S. The molecule has 32 valence electrons. The molecule has 0 fully saturated rings. The van der Waals surface area contributed by atoms with Gasteiger partial charge in [-0.25, -0.2) is 0 Å². The van der Waals surface area contributed by atoms with E-state index in [0.29, 0.717) is 0 Å². The van der Waals surface area contributed by atoms with E-state index < -0.39 is 5.97 Å². The van der Waals surface area contributed by atoms with Crippen LogP contribution in [0.3, 0.4) is 0 Å². The van der Waals surface area contributed by atoms with Crippen molar-refractivity contribution in [1.82, 2.24) is 0 Å². The molecule has 0 rings (SSSR count). The molecule has 0 spiro atoms. The fourth-order valence-corrected chi connectivity index (χ4v) is 0. The first kappa shape index (κ1) is 15.7. The molecule has 0 aliphatic rings. The summed E-state index contributed by atoms with van der Waals surface area (Å²) in [4.78, 5) is 9.00. The minimum atomic E-state index is -0.833. The van der Waals surface area contributed by atoms with Crippen molar-refractivity contribution in [2.45, 2.75) is 6.92 Å². The van der Waals surface area contributed by atoms with Gasteiger partial charge in [0.05, 0.1) is 0 Å². The quantitative estimate of drug-likeness (QED) is 0.215. The Balaban J connectivity index is -0.0000000450. The van der Waals surface area contributed by atoms with Crippen LogP contribution in [0.1, 0.15) is 6.92 Å². The predicted octanol–water partition coefficient (Wildman–Crippen LogP) is -3.18. The molecule has 0 saturated carbocycles. The Morgan fingerprint density at radius 3 is 1.67 bits per heavy atom. The average Bonchev–Trinajstić information content (AvgIpc) is 0.811. The third kappa shape index (κ3) is 51.1. The van der Waals surface area contributed by atoms with Gasteiger partial charge < -0.3 is 18.6 Å². The number of hydrogen-bond acceptors (Lipinski definition) is 2. The summed E-state index contributed by atoms with van der Waals surface area (Å²) in [5, 5.41) is 7.42. The SMILES string of the molecule is CC(=O)O.[K+].[SH-]. The van der Waals surface area contributed by atoms with Crippen molar-refractivity contribution in [2.75, 3.05) is 0 Å². The molecule has 0 amide bonds. The van der Waals surface area contributed by atoms with E-state index in [2.05, 4.69) is 0 Å². The smallest absolute Gasteiger partial charge is 0.813 e. The zero-order chi connectivity index (χ0) is 3.58. The number of rotatable bonds is 0. The Kier molecular flexibility index (Phi) is 25.2. The van der Waals surface area contributed by atoms with Crippen molar-refractivity contribution in [3.05, 3.63) is 0 Å². The van der Waals surface area contributed by atoms with Crippen LogP contribution in [0.4, 0.5) is 0 Å². The standard InChI is InChI=1S/C2H4O2.K.H2S/c1-2(3)4;;/h1H3,(H,3,4);;1H2/q;+1;/p-1. The Morgan fingerprint density at radius 1 is 1.67 bits per heavy atom. The van der Waals surface area contributed by atoms with Crippen LogP contribution in [0.5, 0.6) is 0 Å². The van der Waals surface area contributed by atoms with Crippen molar-refractivity contribution >= 4 is 19.5 Å². The van der Waals surface area contributed by atoms with Gasteiger partial charge in [-0.1, -0.05) is 0 Å². The Hall–Kier alpha value is 1.46. The average molecular weight is 132 g/mol. The first-order valence-corrected chi connectivity index (χ1v) is 0.928. The Bertz CT molecular complexity index is 34.5. The van der Waals surface area contributed by atoms with E-state index in [0.717, 1.165) is 6.92 Å². The summed E-state index contributed by atoms with van der Waals surface area (Å²) in [6.45, 7) is 1.08. The summed E-state index contributed by atoms with van der Waals surface area (Å²) >= 11 is 0. The zero-order valence-corrected chi connectivity index (χ0v) is 7.82. The molecular weight excluding hydrogens is 127 g/mol. The second-order valence-corrected chi connectivity index (χ2v) is 0.519. The summed E-state index contributed by atoms with van der Waals surface area (Å²) in [5.74, 6) is -0.833. The fourth-order valence-electron chi connectivity index (χ4n) is 0. The van der Waals surface area contributed by atoms with Gasteiger partial charge in [-0.3, -0.25) is 4.79 Å². The molecule has 0 aromatic rings. The molecule has 4 heteroatoms. The van der Waals surface area contributed by atoms with Gasteiger partial charge in [0.1, 0.15) is 0 Å². The number of thiol groups is 1. The minimum absolute atomic E-state index is 0. The van der Waals surface area contributed by atoms with Crippen LogP contribution in [-0.2, 0) is 18.3 Å². The van der Waals surface area contributed by atoms with E-state index in [1.165, 1.54) is 0 Å². The molecule has 1 N–H and O–H groups in total. The number of carboxylic acids is 1. The summed E-state index contributed by atoms with van der Waals surface area (Å²) < 4.78 is 0. The van der Waals surface area contributed by atoms with Gasteiger partial charge in [0, 0.05) is 6.92 Å². The maximum absolute atomic E-state index is 9.00. The molecule has 0 radical (unpaired) electrons. The summed E-state index contributed by atoms with van der Waals surface area (Å²) in [6, 6.07) is 0. The molecule has 0 aliphatic carbocycles. The molecule has 0 saturated heterocycles. The van der Waals surface area contributed by atoms with Crippen LogP contribution in [0.25, 0.3) is 0 Å². The zero-order valence-electron chi connectivity index (χ0n) is 3.80. The number of carboxylic acid groups (broad SMARTS) is 1.